The first kappa shape index (κ1) is 12.5. The number of nitrogens with two attached hydrogens (primary N) is 1. The maximum atomic E-state index is 12.3. The molecule has 0 heterocycles. The Kier molecular flexibility index (Phi) is 4.14. The Balaban J connectivity index is 2.64. The molecule has 1 rings (SSSR count). The molecule has 0 aromatic carbocycles. The van der Waals surface area contributed by atoms with Crippen molar-refractivity contribution in [2.75, 3.05) is 13.6 Å². The van der Waals surface area contributed by atoms with Crippen LogP contribution in [0.25, 0.3) is 0 Å². The Morgan fingerprint density at radius 3 is 2.40 bits per heavy atom. The minimum atomic E-state index is -0.0658. The Hall–Kier alpha value is -0.570. The number of nitrogens with zero attached hydrogens (tertiary/aromatic N) is 1. The van der Waals surface area contributed by atoms with Gasteiger partial charge in [-0.15, -0.1) is 0 Å². The molecule has 1 atom stereocenters. The second-order valence-corrected chi connectivity index (χ2v) is 5.00. The first-order valence-corrected chi connectivity index (χ1v) is 6.03. The van der Waals surface area contributed by atoms with Gasteiger partial charge in [-0.3, -0.25) is 4.79 Å². The van der Waals surface area contributed by atoms with E-state index in [0.717, 1.165) is 19.3 Å². The van der Waals surface area contributed by atoms with Gasteiger partial charge in [0.25, 0.3) is 0 Å². The third-order valence-corrected chi connectivity index (χ3v) is 3.60. The molecule has 0 spiro atoms. The summed E-state index contributed by atoms with van der Waals surface area (Å²) in [6, 6.07) is 0.0641. The van der Waals surface area contributed by atoms with Gasteiger partial charge in [-0.05, 0) is 26.2 Å². The first-order chi connectivity index (χ1) is 7.02. The molecule has 3 heteroatoms. The average Bonchev–Trinajstić information content (AvgIpc) is 2.65. The maximum absolute atomic E-state index is 12.3. The summed E-state index contributed by atoms with van der Waals surface area (Å²) in [6.07, 6.45) is 5.49. The van der Waals surface area contributed by atoms with Crippen LogP contribution in [0.2, 0.25) is 0 Å². The van der Waals surface area contributed by atoms with Gasteiger partial charge in [-0.25, -0.2) is 0 Å². The van der Waals surface area contributed by atoms with Gasteiger partial charge in [0.15, 0.2) is 0 Å². The third-order valence-electron chi connectivity index (χ3n) is 3.60. The zero-order valence-electron chi connectivity index (χ0n) is 10.3. The average molecular weight is 212 g/mol. The van der Waals surface area contributed by atoms with Crippen molar-refractivity contribution in [3.63, 3.8) is 0 Å². The molecular formula is C12H24N2O. The van der Waals surface area contributed by atoms with E-state index in [0.29, 0.717) is 12.5 Å². The zero-order valence-corrected chi connectivity index (χ0v) is 10.3. The quantitative estimate of drug-likeness (QED) is 0.772. The van der Waals surface area contributed by atoms with Crippen molar-refractivity contribution >= 4 is 5.91 Å². The normalized spacial score (nSPS) is 21.3. The number of likely N-dealkylation sites (N-methyl/N-ethyl adjacent to an activating group) is 1. The van der Waals surface area contributed by atoms with Gasteiger partial charge in [0.2, 0.25) is 5.91 Å². The lowest BCUT2D eigenvalue weighted by atomic mass is 9.82. The number of hydrogen-bond donors (Lipinski definition) is 1. The predicted octanol–water partition coefficient (Wildman–Crippen LogP) is 1.76. The fraction of sp³-hybridized carbons (Fsp3) is 0.917. The van der Waals surface area contributed by atoms with E-state index in [1.54, 1.807) is 0 Å². The van der Waals surface area contributed by atoms with Gasteiger partial charge in [-0.1, -0.05) is 19.8 Å². The van der Waals surface area contributed by atoms with E-state index in [-0.39, 0.29) is 11.5 Å². The molecule has 0 radical (unpaired) electrons. The van der Waals surface area contributed by atoms with Gasteiger partial charge in [0, 0.05) is 25.0 Å². The van der Waals surface area contributed by atoms with Crippen LogP contribution in [-0.4, -0.2) is 30.4 Å². The molecule has 1 saturated carbocycles. The van der Waals surface area contributed by atoms with Crippen molar-refractivity contribution < 1.29 is 4.79 Å². The summed E-state index contributed by atoms with van der Waals surface area (Å²) in [5.74, 6) is 0.305. The van der Waals surface area contributed by atoms with E-state index in [1.165, 1.54) is 12.8 Å². The molecule has 0 saturated heterocycles. The number of carbonyl (C=O) groups excluding carboxylic acids is 1. The van der Waals surface area contributed by atoms with Crippen LogP contribution in [0.3, 0.4) is 0 Å². The van der Waals surface area contributed by atoms with E-state index < -0.39 is 0 Å². The van der Waals surface area contributed by atoms with Crippen LogP contribution in [0.1, 0.15) is 46.0 Å². The summed E-state index contributed by atoms with van der Waals surface area (Å²) >= 11 is 0. The van der Waals surface area contributed by atoms with Crippen molar-refractivity contribution in [3.8, 4) is 0 Å². The van der Waals surface area contributed by atoms with Crippen molar-refractivity contribution in [1.29, 1.82) is 0 Å². The van der Waals surface area contributed by atoms with E-state index in [1.807, 2.05) is 18.9 Å². The van der Waals surface area contributed by atoms with Gasteiger partial charge in [0.1, 0.15) is 0 Å². The molecule has 0 bridgehead atoms. The largest absolute Gasteiger partial charge is 0.344 e. The molecule has 1 amide bonds. The standard InChI is InChI=1S/C12H24N2O/c1-4-12(7-5-6-8-12)11(15)14(3)9-10(2)13/h10H,4-9,13H2,1-3H3. The SMILES string of the molecule is CCC1(C(=O)N(C)CC(C)N)CCCC1. The molecule has 3 nitrogen and oxygen atoms in total. The fourth-order valence-electron chi connectivity index (χ4n) is 2.69. The van der Waals surface area contributed by atoms with Crippen LogP contribution in [0, 0.1) is 5.41 Å². The lowest BCUT2D eigenvalue weighted by molar-refractivity contribution is -0.141. The Labute approximate surface area is 93.0 Å². The molecule has 15 heavy (non-hydrogen) atoms. The molecule has 0 aromatic rings. The molecule has 1 unspecified atom stereocenters. The van der Waals surface area contributed by atoms with Crippen LogP contribution in [0.15, 0.2) is 0 Å². The summed E-state index contributed by atoms with van der Waals surface area (Å²) in [6.45, 7) is 4.74. The monoisotopic (exact) mass is 212 g/mol. The summed E-state index contributed by atoms with van der Waals surface area (Å²) in [4.78, 5) is 14.1. The van der Waals surface area contributed by atoms with Crippen LogP contribution >= 0.6 is 0 Å². The molecule has 1 aliphatic carbocycles. The third kappa shape index (κ3) is 2.71. The minimum absolute atomic E-state index is 0.0641. The predicted molar refractivity (Wildman–Crippen MR) is 62.5 cm³/mol. The van der Waals surface area contributed by atoms with E-state index in [4.69, 9.17) is 5.73 Å². The second kappa shape index (κ2) is 4.97. The van der Waals surface area contributed by atoms with Crippen LogP contribution in [0.4, 0.5) is 0 Å². The summed E-state index contributed by atoms with van der Waals surface area (Å²) in [5, 5.41) is 0. The molecule has 0 aromatic heterocycles. The highest BCUT2D eigenvalue weighted by Gasteiger charge is 2.40. The Morgan fingerprint density at radius 1 is 1.47 bits per heavy atom. The molecule has 88 valence electrons. The summed E-state index contributed by atoms with van der Waals surface area (Å²) in [5.41, 5.74) is 5.65. The highest BCUT2D eigenvalue weighted by Crippen LogP contribution is 2.42. The van der Waals surface area contributed by atoms with Gasteiger partial charge in [0.05, 0.1) is 0 Å². The van der Waals surface area contributed by atoms with E-state index in [9.17, 15) is 4.79 Å². The lowest BCUT2D eigenvalue weighted by Gasteiger charge is -2.32. The highest BCUT2D eigenvalue weighted by molar-refractivity contribution is 5.82. The topological polar surface area (TPSA) is 46.3 Å². The van der Waals surface area contributed by atoms with Crippen molar-refractivity contribution in [1.82, 2.24) is 4.90 Å². The zero-order chi connectivity index (χ0) is 11.5. The number of carbonyl (C=O) groups is 1. The first-order valence-electron chi connectivity index (χ1n) is 6.03. The van der Waals surface area contributed by atoms with Gasteiger partial charge in [-0.2, -0.15) is 0 Å². The Morgan fingerprint density at radius 2 is 2.00 bits per heavy atom. The lowest BCUT2D eigenvalue weighted by Crippen LogP contribution is -2.44. The van der Waals surface area contributed by atoms with Crippen LogP contribution in [-0.2, 0) is 4.79 Å². The summed E-state index contributed by atoms with van der Waals surface area (Å²) in [7, 11) is 1.88. The smallest absolute Gasteiger partial charge is 0.228 e. The molecule has 0 aliphatic heterocycles. The number of rotatable bonds is 4. The molecule has 1 aliphatic rings. The maximum Gasteiger partial charge on any atom is 0.228 e. The molecule has 1 fully saturated rings. The van der Waals surface area contributed by atoms with Gasteiger partial charge >= 0.3 is 0 Å². The van der Waals surface area contributed by atoms with Crippen LogP contribution < -0.4 is 5.73 Å². The molecule has 2 N–H and O–H groups in total. The fourth-order valence-corrected chi connectivity index (χ4v) is 2.69. The Bertz CT molecular complexity index is 220. The van der Waals surface area contributed by atoms with Crippen molar-refractivity contribution in [2.24, 2.45) is 11.1 Å². The van der Waals surface area contributed by atoms with E-state index >= 15 is 0 Å². The summed E-state index contributed by atoms with van der Waals surface area (Å²) < 4.78 is 0. The number of amides is 1. The van der Waals surface area contributed by atoms with Crippen LogP contribution in [0.5, 0.6) is 0 Å². The molecular weight excluding hydrogens is 188 g/mol. The van der Waals surface area contributed by atoms with Crippen molar-refractivity contribution in [2.45, 2.75) is 52.0 Å². The highest BCUT2D eigenvalue weighted by atomic mass is 16.2. The van der Waals surface area contributed by atoms with Gasteiger partial charge < -0.3 is 10.6 Å². The van der Waals surface area contributed by atoms with E-state index in [2.05, 4.69) is 6.92 Å². The second-order valence-electron chi connectivity index (χ2n) is 5.00. The minimum Gasteiger partial charge on any atom is -0.344 e. The van der Waals surface area contributed by atoms with Crippen molar-refractivity contribution in [3.05, 3.63) is 0 Å². The number of hydrogen-bond acceptors (Lipinski definition) is 2.